The number of hydrogen-bond donors (Lipinski definition) is 2. The molecular weight excluding hydrogens is 352 g/mol. The van der Waals surface area contributed by atoms with E-state index in [1.165, 1.54) is 0 Å². The monoisotopic (exact) mass is 366 g/mol. The van der Waals surface area contributed by atoms with E-state index in [0.29, 0.717) is 27.6 Å². The van der Waals surface area contributed by atoms with Crippen molar-refractivity contribution in [1.82, 2.24) is 24.5 Å². The van der Waals surface area contributed by atoms with Crippen LogP contribution in [0.3, 0.4) is 0 Å². The molecule has 0 fully saturated rings. The van der Waals surface area contributed by atoms with E-state index in [1.807, 2.05) is 29.8 Å². The van der Waals surface area contributed by atoms with Gasteiger partial charge in [0.15, 0.2) is 0 Å². The molecule has 3 aromatic heterocycles. The molecule has 2 N–H and O–H groups in total. The van der Waals surface area contributed by atoms with Crippen molar-refractivity contribution in [3.8, 4) is 5.69 Å². The third-order valence-electron chi connectivity index (χ3n) is 4.00. The molecule has 0 bridgehead atoms. The van der Waals surface area contributed by atoms with E-state index in [0.717, 1.165) is 5.69 Å². The lowest BCUT2D eigenvalue weighted by Gasteiger charge is -2.14. The van der Waals surface area contributed by atoms with Crippen LogP contribution in [0.4, 0.5) is 5.82 Å². The lowest BCUT2D eigenvalue weighted by atomic mass is 10.2. The molecule has 1 aromatic carbocycles. The molecule has 0 aliphatic heterocycles. The molecule has 3 heterocycles. The number of aromatic nitrogens is 5. The minimum absolute atomic E-state index is 0.245. The number of H-pyrrole nitrogens is 1. The van der Waals surface area contributed by atoms with Gasteiger partial charge in [-0.3, -0.25) is 4.79 Å². The molecular formula is C18H15ClN6O. The number of nitrogens with one attached hydrogen (secondary N) is 2. The summed E-state index contributed by atoms with van der Waals surface area (Å²) in [4.78, 5) is 28.0. The number of hydrogen-bond acceptors (Lipinski definition) is 5. The molecule has 7 nitrogen and oxygen atoms in total. The number of benzene rings is 1. The molecule has 0 aliphatic rings. The van der Waals surface area contributed by atoms with Crippen LogP contribution in [0, 0.1) is 0 Å². The summed E-state index contributed by atoms with van der Waals surface area (Å²) in [6.07, 6.45) is 6.96. The largest absolute Gasteiger partial charge is 0.362 e. The number of halogens is 1. The number of imidazole rings is 1. The molecule has 130 valence electrons. The fraction of sp³-hybridized carbons (Fsp3) is 0.111. The zero-order chi connectivity index (χ0) is 18.1. The summed E-state index contributed by atoms with van der Waals surface area (Å²) in [5.41, 5.74) is 2.33. The SMILES string of the molecule is CC(Nc1cc(-n2ccnc2)ccn1)c1nc2cc(Cl)ccc2[nH]c1=O. The highest BCUT2D eigenvalue weighted by atomic mass is 35.5. The summed E-state index contributed by atoms with van der Waals surface area (Å²) in [6.45, 7) is 1.86. The lowest BCUT2D eigenvalue weighted by molar-refractivity contribution is 0.816. The zero-order valence-corrected chi connectivity index (χ0v) is 14.6. The predicted molar refractivity (Wildman–Crippen MR) is 101 cm³/mol. The summed E-state index contributed by atoms with van der Waals surface area (Å²) < 4.78 is 1.88. The van der Waals surface area contributed by atoms with E-state index in [1.54, 1.807) is 36.9 Å². The Hall–Kier alpha value is -3.19. The number of fused-ring (bicyclic) bond motifs is 1. The second-order valence-corrected chi connectivity index (χ2v) is 6.28. The Morgan fingerprint density at radius 2 is 2.12 bits per heavy atom. The van der Waals surface area contributed by atoms with Crippen LogP contribution in [0.15, 0.2) is 60.0 Å². The van der Waals surface area contributed by atoms with Gasteiger partial charge in [-0.1, -0.05) is 11.6 Å². The third kappa shape index (κ3) is 3.16. The molecule has 0 spiro atoms. The van der Waals surface area contributed by atoms with Gasteiger partial charge in [0.2, 0.25) is 0 Å². The minimum Gasteiger partial charge on any atom is -0.362 e. The fourth-order valence-electron chi connectivity index (χ4n) is 2.72. The van der Waals surface area contributed by atoms with Crippen LogP contribution in [-0.4, -0.2) is 24.5 Å². The maximum Gasteiger partial charge on any atom is 0.272 e. The van der Waals surface area contributed by atoms with Gasteiger partial charge in [0.25, 0.3) is 5.56 Å². The smallest absolute Gasteiger partial charge is 0.272 e. The van der Waals surface area contributed by atoms with Crippen LogP contribution in [-0.2, 0) is 0 Å². The lowest BCUT2D eigenvalue weighted by Crippen LogP contribution is -2.22. The average Bonchev–Trinajstić information content (AvgIpc) is 3.16. The van der Waals surface area contributed by atoms with Gasteiger partial charge in [-0.05, 0) is 31.2 Å². The second-order valence-electron chi connectivity index (χ2n) is 5.85. The van der Waals surface area contributed by atoms with Crippen molar-refractivity contribution in [3.05, 3.63) is 76.3 Å². The summed E-state index contributed by atoms with van der Waals surface area (Å²) in [7, 11) is 0. The van der Waals surface area contributed by atoms with Gasteiger partial charge >= 0.3 is 0 Å². The standard InChI is InChI=1S/C18H15ClN6O/c1-11(17-18(26)24-14-3-2-12(19)8-15(14)23-17)22-16-9-13(4-5-21-16)25-7-6-20-10-25/h2-11H,1H3,(H,21,22)(H,24,26). The number of rotatable bonds is 4. The average molecular weight is 367 g/mol. The van der Waals surface area contributed by atoms with Gasteiger partial charge in [-0.15, -0.1) is 0 Å². The van der Waals surface area contributed by atoms with E-state index in [-0.39, 0.29) is 11.6 Å². The third-order valence-corrected chi connectivity index (χ3v) is 4.24. The first kappa shape index (κ1) is 16.3. The van der Waals surface area contributed by atoms with E-state index in [9.17, 15) is 4.79 Å². The Bertz CT molecular complexity index is 1120. The van der Waals surface area contributed by atoms with Gasteiger partial charge in [0.05, 0.1) is 29.1 Å². The Kier molecular flexibility index (Phi) is 4.14. The van der Waals surface area contributed by atoms with Crippen LogP contribution in [0.5, 0.6) is 0 Å². The van der Waals surface area contributed by atoms with Crippen LogP contribution in [0.25, 0.3) is 16.7 Å². The van der Waals surface area contributed by atoms with Crippen molar-refractivity contribution in [2.75, 3.05) is 5.32 Å². The van der Waals surface area contributed by atoms with Crippen molar-refractivity contribution in [3.63, 3.8) is 0 Å². The van der Waals surface area contributed by atoms with Crippen LogP contribution in [0.1, 0.15) is 18.7 Å². The molecule has 1 atom stereocenters. The van der Waals surface area contributed by atoms with E-state index < -0.39 is 0 Å². The van der Waals surface area contributed by atoms with E-state index in [4.69, 9.17) is 11.6 Å². The predicted octanol–water partition coefficient (Wildman–Crippen LogP) is 3.33. The summed E-state index contributed by atoms with van der Waals surface area (Å²) in [5.74, 6) is 0.635. The summed E-state index contributed by atoms with van der Waals surface area (Å²) in [6, 6.07) is 8.59. The Balaban J connectivity index is 1.65. The zero-order valence-electron chi connectivity index (χ0n) is 13.8. The van der Waals surface area contributed by atoms with Crippen LogP contribution in [0.2, 0.25) is 5.02 Å². The first-order valence-electron chi connectivity index (χ1n) is 8.00. The van der Waals surface area contributed by atoms with Gasteiger partial charge in [-0.25, -0.2) is 15.0 Å². The highest BCUT2D eigenvalue weighted by Crippen LogP contribution is 2.19. The van der Waals surface area contributed by atoms with Crippen molar-refractivity contribution in [2.24, 2.45) is 0 Å². The molecule has 0 aliphatic carbocycles. The first-order chi connectivity index (χ1) is 12.6. The molecule has 0 saturated heterocycles. The van der Waals surface area contributed by atoms with Gasteiger partial charge in [0.1, 0.15) is 11.5 Å². The highest BCUT2D eigenvalue weighted by molar-refractivity contribution is 6.31. The Labute approximate surface area is 153 Å². The molecule has 0 radical (unpaired) electrons. The van der Waals surface area contributed by atoms with Crippen molar-refractivity contribution in [2.45, 2.75) is 13.0 Å². The molecule has 1 unspecified atom stereocenters. The Morgan fingerprint density at radius 3 is 2.92 bits per heavy atom. The molecule has 4 aromatic rings. The number of aromatic amines is 1. The van der Waals surface area contributed by atoms with Crippen molar-refractivity contribution < 1.29 is 0 Å². The molecule has 0 amide bonds. The first-order valence-corrected chi connectivity index (χ1v) is 8.38. The fourth-order valence-corrected chi connectivity index (χ4v) is 2.89. The van der Waals surface area contributed by atoms with Crippen molar-refractivity contribution >= 4 is 28.5 Å². The topological polar surface area (TPSA) is 88.5 Å². The number of anilines is 1. The molecule has 4 rings (SSSR count). The van der Waals surface area contributed by atoms with Gasteiger partial charge in [-0.2, -0.15) is 0 Å². The Morgan fingerprint density at radius 1 is 1.23 bits per heavy atom. The normalized spacial score (nSPS) is 12.2. The minimum atomic E-state index is -0.340. The van der Waals surface area contributed by atoms with Gasteiger partial charge in [0, 0.05) is 29.7 Å². The number of nitrogens with zero attached hydrogens (tertiary/aromatic N) is 4. The van der Waals surface area contributed by atoms with Crippen LogP contribution >= 0.6 is 11.6 Å². The summed E-state index contributed by atoms with van der Waals surface area (Å²) in [5, 5.41) is 3.79. The molecule has 0 saturated carbocycles. The maximum absolute atomic E-state index is 12.4. The maximum atomic E-state index is 12.4. The summed E-state index contributed by atoms with van der Waals surface area (Å²) >= 11 is 6.02. The van der Waals surface area contributed by atoms with E-state index in [2.05, 4.69) is 25.3 Å². The van der Waals surface area contributed by atoms with E-state index >= 15 is 0 Å². The second kappa shape index (κ2) is 6.61. The quantitative estimate of drug-likeness (QED) is 0.578. The molecule has 8 heteroatoms. The number of pyridine rings is 1. The highest BCUT2D eigenvalue weighted by Gasteiger charge is 2.14. The van der Waals surface area contributed by atoms with Gasteiger partial charge < -0.3 is 14.9 Å². The molecule has 26 heavy (non-hydrogen) atoms. The van der Waals surface area contributed by atoms with Crippen molar-refractivity contribution in [1.29, 1.82) is 0 Å². The van der Waals surface area contributed by atoms with Crippen LogP contribution < -0.4 is 10.9 Å².